The monoisotopic (exact) mass is 172 g/mol. The normalized spacial score (nSPS) is 44.1. The highest BCUT2D eigenvalue weighted by Gasteiger charge is 2.39. The summed E-state index contributed by atoms with van der Waals surface area (Å²) in [6.07, 6.45) is 5.48. The molecular weight excluding hydrogens is 160 g/mol. The molecule has 2 aliphatic rings. The number of fused-ring (bicyclic) bond motifs is 2. The van der Waals surface area contributed by atoms with E-state index in [1.165, 1.54) is 6.42 Å². The van der Waals surface area contributed by atoms with E-state index in [2.05, 4.69) is 0 Å². The number of carbonyl (C=O) groups excluding carboxylic acids is 1. The Morgan fingerprint density at radius 1 is 1.18 bits per heavy atom. The van der Waals surface area contributed by atoms with Gasteiger partial charge in [-0.3, -0.25) is 4.79 Å². The van der Waals surface area contributed by atoms with Crippen LogP contribution in [0.5, 0.6) is 0 Å². The first kappa shape index (κ1) is 7.60. The summed E-state index contributed by atoms with van der Waals surface area (Å²) in [6, 6.07) is 0. The van der Waals surface area contributed by atoms with Crippen molar-refractivity contribution < 1.29 is 4.79 Å². The zero-order valence-corrected chi connectivity index (χ0v) is 7.31. The minimum Gasteiger partial charge on any atom is -0.299 e. The molecule has 0 saturated heterocycles. The fourth-order valence-corrected chi connectivity index (χ4v) is 2.75. The van der Waals surface area contributed by atoms with Crippen molar-refractivity contribution in [3.05, 3.63) is 0 Å². The van der Waals surface area contributed by atoms with Crippen molar-refractivity contribution in [1.82, 2.24) is 0 Å². The molecule has 62 valence electrons. The summed E-state index contributed by atoms with van der Waals surface area (Å²) < 4.78 is 0. The van der Waals surface area contributed by atoms with Gasteiger partial charge in [0, 0.05) is 17.2 Å². The standard InChI is InChI=1S/C9H13ClO/c10-8-5-4-6-2-1-3-7(8)9(6)11/h6-8H,1-5H2/t6-,7+,8?/m0/s1. The summed E-state index contributed by atoms with van der Waals surface area (Å²) in [5.74, 6) is 1.05. The minimum absolute atomic E-state index is 0.152. The molecule has 2 saturated carbocycles. The van der Waals surface area contributed by atoms with Crippen LogP contribution in [0.3, 0.4) is 0 Å². The highest BCUT2D eigenvalue weighted by molar-refractivity contribution is 6.22. The molecule has 2 fully saturated rings. The zero-order valence-electron chi connectivity index (χ0n) is 6.55. The average Bonchev–Trinajstić information content (AvgIpc) is 1.98. The third-order valence-electron chi connectivity index (χ3n) is 3.06. The summed E-state index contributed by atoms with van der Waals surface area (Å²) >= 11 is 6.06. The van der Waals surface area contributed by atoms with Gasteiger partial charge in [-0.05, 0) is 25.7 Å². The first-order valence-corrected chi connectivity index (χ1v) is 4.90. The lowest BCUT2D eigenvalue weighted by molar-refractivity contribution is -0.131. The SMILES string of the molecule is O=C1[C@H]2CCC[C@@H]1C(Cl)CC2. The Morgan fingerprint density at radius 3 is 2.73 bits per heavy atom. The lowest BCUT2D eigenvalue weighted by Gasteiger charge is -2.35. The number of carbonyl (C=O) groups is 1. The van der Waals surface area contributed by atoms with Crippen molar-refractivity contribution in [2.75, 3.05) is 0 Å². The smallest absolute Gasteiger partial charge is 0.140 e. The van der Waals surface area contributed by atoms with E-state index in [9.17, 15) is 4.79 Å². The van der Waals surface area contributed by atoms with Crippen LogP contribution in [0.25, 0.3) is 0 Å². The molecule has 0 spiro atoms. The maximum Gasteiger partial charge on any atom is 0.140 e. The first-order chi connectivity index (χ1) is 5.29. The lowest BCUT2D eigenvalue weighted by Crippen LogP contribution is -2.38. The van der Waals surface area contributed by atoms with Gasteiger partial charge < -0.3 is 0 Å². The number of Topliss-reactive ketones (excluding diaryl/α,β-unsaturated/α-hetero) is 1. The quantitative estimate of drug-likeness (QED) is 0.513. The van der Waals surface area contributed by atoms with Crippen molar-refractivity contribution in [3.63, 3.8) is 0 Å². The molecule has 0 aromatic rings. The van der Waals surface area contributed by atoms with Crippen LogP contribution in [0.2, 0.25) is 0 Å². The molecule has 0 heterocycles. The van der Waals surface area contributed by atoms with Gasteiger partial charge >= 0.3 is 0 Å². The van der Waals surface area contributed by atoms with Gasteiger partial charge in [-0.2, -0.15) is 0 Å². The Bertz CT molecular complexity index is 178. The molecular formula is C9H13ClO. The number of hydrogen-bond acceptors (Lipinski definition) is 1. The number of halogens is 1. The van der Waals surface area contributed by atoms with E-state index in [1.54, 1.807) is 0 Å². The molecule has 0 N–H and O–H groups in total. The van der Waals surface area contributed by atoms with Gasteiger partial charge in [0.05, 0.1) is 0 Å². The third kappa shape index (κ3) is 1.20. The van der Waals surface area contributed by atoms with Crippen LogP contribution in [-0.2, 0) is 4.79 Å². The van der Waals surface area contributed by atoms with E-state index in [-0.39, 0.29) is 11.3 Å². The van der Waals surface area contributed by atoms with Gasteiger partial charge in [0.2, 0.25) is 0 Å². The Balaban J connectivity index is 2.16. The van der Waals surface area contributed by atoms with E-state index in [0.717, 1.165) is 25.7 Å². The van der Waals surface area contributed by atoms with Crippen molar-refractivity contribution >= 4 is 17.4 Å². The lowest BCUT2D eigenvalue weighted by atomic mass is 9.71. The largest absolute Gasteiger partial charge is 0.299 e. The fourth-order valence-electron chi connectivity index (χ4n) is 2.38. The number of rotatable bonds is 0. The van der Waals surface area contributed by atoms with E-state index in [4.69, 9.17) is 11.6 Å². The molecule has 0 aromatic heterocycles. The Hall–Kier alpha value is -0.0400. The van der Waals surface area contributed by atoms with E-state index >= 15 is 0 Å². The zero-order chi connectivity index (χ0) is 7.84. The summed E-state index contributed by atoms with van der Waals surface area (Å²) in [5.41, 5.74) is 0. The summed E-state index contributed by atoms with van der Waals surface area (Å²) in [5, 5.41) is 0.152. The number of hydrogen-bond donors (Lipinski definition) is 0. The molecule has 3 atom stereocenters. The molecule has 2 bridgehead atoms. The summed E-state index contributed by atoms with van der Waals surface area (Å²) in [4.78, 5) is 11.5. The fraction of sp³-hybridized carbons (Fsp3) is 0.889. The van der Waals surface area contributed by atoms with Crippen LogP contribution < -0.4 is 0 Å². The first-order valence-electron chi connectivity index (χ1n) is 4.47. The van der Waals surface area contributed by atoms with Gasteiger partial charge in [-0.15, -0.1) is 11.6 Å². The molecule has 0 amide bonds. The predicted octanol–water partition coefficient (Wildman–Crippen LogP) is 2.37. The second-order valence-electron chi connectivity index (χ2n) is 3.73. The van der Waals surface area contributed by atoms with Gasteiger partial charge in [0.15, 0.2) is 0 Å². The molecule has 2 rings (SSSR count). The van der Waals surface area contributed by atoms with Crippen molar-refractivity contribution in [2.45, 2.75) is 37.5 Å². The minimum atomic E-state index is 0.152. The Morgan fingerprint density at radius 2 is 2.00 bits per heavy atom. The molecule has 11 heavy (non-hydrogen) atoms. The van der Waals surface area contributed by atoms with Gasteiger partial charge in [0.25, 0.3) is 0 Å². The molecule has 2 aliphatic carbocycles. The van der Waals surface area contributed by atoms with Gasteiger partial charge in [0.1, 0.15) is 5.78 Å². The number of ketones is 1. The topological polar surface area (TPSA) is 17.1 Å². The average molecular weight is 173 g/mol. The molecule has 0 radical (unpaired) electrons. The van der Waals surface area contributed by atoms with Crippen molar-refractivity contribution in [2.24, 2.45) is 11.8 Å². The summed E-state index contributed by atoms with van der Waals surface area (Å²) in [7, 11) is 0. The van der Waals surface area contributed by atoms with E-state index in [1.807, 2.05) is 0 Å². The maximum atomic E-state index is 11.5. The molecule has 0 aliphatic heterocycles. The van der Waals surface area contributed by atoms with Crippen LogP contribution in [-0.4, -0.2) is 11.2 Å². The van der Waals surface area contributed by atoms with Crippen LogP contribution in [0.15, 0.2) is 0 Å². The second-order valence-corrected chi connectivity index (χ2v) is 4.29. The second kappa shape index (κ2) is 2.78. The Kier molecular flexibility index (Phi) is 1.92. The van der Waals surface area contributed by atoms with E-state index in [0.29, 0.717) is 11.7 Å². The highest BCUT2D eigenvalue weighted by Crippen LogP contribution is 2.39. The van der Waals surface area contributed by atoms with Gasteiger partial charge in [-0.1, -0.05) is 6.42 Å². The van der Waals surface area contributed by atoms with Crippen LogP contribution in [0, 0.1) is 11.8 Å². The van der Waals surface area contributed by atoms with Crippen molar-refractivity contribution in [1.29, 1.82) is 0 Å². The highest BCUT2D eigenvalue weighted by atomic mass is 35.5. The van der Waals surface area contributed by atoms with Crippen LogP contribution >= 0.6 is 11.6 Å². The van der Waals surface area contributed by atoms with Crippen LogP contribution in [0.4, 0.5) is 0 Å². The van der Waals surface area contributed by atoms with Gasteiger partial charge in [-0.25, -0.2) is 0 Å². The third-order valence-corrected chi connectivity index (χ3v) is 3.59. The van der Waals surface area contributed by atoms with Crippen LogP contribution in [0.1, 0.15) is 32.1 Å². The predicted molar refractivity (Wildman–Crippen MR) is 44.7 cm³/mol. The Labute approximate surface area is 72.1 Å². The molecule has 0 aromatic carbocycles. The molecule has 2 heteroatoms. The van der Waals surface area contributed by atoms with E-state index < -0.39 is 0 Å². The molecule has 1 nitrogen and oxygen atoms in total. The summed E-state index contributed by atoms with van der Waals surface area (Å²) in [6.45, 7) is 0. The van der Waals surface area contributed by atoms with Crippen molar-refractivity contribution in [3.8, 4) is 0 Å². The molecule has 1 unspecified atom stereocenters. The maximum absolute atomic E-state index is 11.5. The number of alkyl halides is 1.